The van der Waals surface area contributed by atoms with Gasteiger partial charge in [-0.1, -0.05) is 12.1 Å². The third-order valence-electron chi connectivity index (χ3n) is 2.97. The van der Waals surface area contributed by atoms with Crippen molar-refractivity contribution in [2.24, 2.45) is 0 Å². The predicted octanol–water partition coefficient (Wildman–Crippen LogP) is 5.00. The summed E-state index contributed by atoms with van der Waals surface area (Å²) in [5, 5.41) is 3.47. The molecule has 0 radical (unpaired) electrons. The molecule has 0 aliphatic carbocycles. The molecule has 0 bridgehead atoms. The van der Waals surface area contributed by atoms with E-state index in [0.29, 0.717) is 0 Å². The quantitative estimate of drug-likeness (QED) is 0.736. The fraction of sp³-hybridized carbons (Fsp3) is 0.294. The Morgan fingerprint density at radius 1 is 1.10 bits per heavy atom. The minimum atomic E-state index is 0.216. The van der Waals surface area contributed by atoms with Gasteiger partial charge in [0.05, 0.1) is 6.10 Å². The van der Waals surface area contributed by atoms with Crippen LogP contribution >= 0.6 is 22.6 Å². The van der Waals surface area contributed by atoms with Crippen LogP contribution in [0.2, 0.25) is 0 Å². The molecule has 2 aromatic carbocycles. The van der Waals surface area contributed by atoms with E-state index in [4.69, 9.17) is 4.74 Å². The normalized spacial score (nSPS) is 10.7. The lowest BCUT2D eigenvalue weighted by Gasteiger charge is -2.12. The Morgan fingerprint density at radius 3 is 2.40 bits per heavy atom. The van der Waals surface area contributed by atoms with Crippen LogP contribution in [0.1, 0.15) is 25.0 Å². The van der Waals surface area contributed by atoms with Gasteiger partial charge in [0, 0.05) is 15.8 Å². The van der Waals surface area contributed by atoms with Crippen molar-refractivity contribution in [2.75, 3.05) is 5.32 Å². The highest BCUT2D eigenvalue weighted by Crippen LogP contribution is 2.19. The second kappa shape index (κ2) is 6.97. The fourth-order valence-electron chi connectivity index (χ4n) is 1.98. The van der Waals surface area contributed by atoms with Gasteiger partial charge in [-0.05, 0) is 84.8 Å². The van der Waals surface area contributed by atoms with E-state index in [2.05, 4.69) is 65.2 Å². The van der Waals surface area contributed by atoms with Crippen LogP contribution in [0, 0.1) is 10.5 Å². The maximum absolute atomic E-state index is 5.64. The minimum Gasteiger partial charge on any atom is -0.491 e. The number of anilines is 1. The van der Waals surface area contributed by atoms with Gasteiger partial charge in [0.2, 0.25) is 0 Å². The fourth-order valence-corrected chi connectivity index (χ4v) is 2.63. The summed E-state index contributed by atoms with van der Waals surface area (Å²) in [6, 6.07) is 14.7. The highest BCUT2D eigenvalue weighted by molar-refractivity contribution is 14.1. The van der Waals surface area contributed by atoms with E-state index in [9.17, 15) is 0 Å². The Labute approximate surface area is 134 Å². The van der Waals surface area contributed by atoms with Crippen molar-refractivity contribution in [3.8, 4) is 5.75 Å². The zero-order valence-electron chi connectivity index (χ0n) is 12.1. The molecule has 0 aliphatic heterocycles. The van der Waals surface area contributed by atoms with Crippen LogP contribution in [0.3, 0.4) is 0 Å². The second-order valence-electron chi connectivity index (χ2n) is 5.12. The van der Waals surface area contributed by atoms with Gasteiger partial charge in [0.1, 0.15) is 5.75 Å². The summed E-state index contributed by atoms with van der Waals surface area (Å²) < 4.78 is 6.91. The van der Waals surface area contributed by atoms with Gasteiger partial charge in [0.25, 0.3) is 0 Å². The molecule has 20 heavy (non-hydrogen) atoms. The van der Waals surface area contributed by atoms with E-state index >= 15 is 0 Å². The van der Waals surface area contributed by atoms with E-state index < -0.39 is 0 Å². The van der Waals surface area contributed by atoms with Gasteiger partial charge >= 0.3 is 0 Å². The molecule has 3 heteroatoms. The Bertz CT molecular complexity index is 564. The highest BCUT2D eigenvalue weighted by atomic mass is 127. The standard InChI is InChI=1S/C17H20INO/c1-12(2)20-16-7-4-14(5-8-16)11-19-17-9-6-15(18)10-13(17)3/h4-10,12,19H,11H2,1-3H3. The minimum absolute atomic E-state index is 0.216. The lowest BCUT2D eigenvalue weighted by molar-refractivity contribution is 0.242. The van der Waals surface area contributed by atoms with Crippen LogP contribution in [0.25, 0.3) is 0 Å². The summed E-state index contributed by atoms with van der Waals surface area (Å²) in [5.41, 5.74) is 3.71. The lowest BCUT2D eigenvalue weighted by atomic mass is 10.1. The van der Waals surface area contributed by atoms with Gasteiger partial charge in [-0.3, -0.25) is 0 Å². The van der Waals surface area contributed by atoms with E-state index in [0.717, 1.165) is 12.3 Å². The summed E-state index contributed by atoms with van der Waals surface area (Å²) in [4.78, 5) is 0. The topological polar surface area (TPSA) is 21.3 Å². The van der Waals surface area contributed by atoms with Gasteiger partial charge in [-0.15, -0.1) is 0 Å². The van der Waals surface area contributed by atoms with Crippen molar-refractivity contribution in [3.63, 3.8) is 0 Å². The predicted molar refractivity (Wildman–Crippen MR) is 93.4 cm³/mol. The van der Waals surface area contributed by atoms with Gasteiger partial charge in [-0.25, -0.2) is 0 Å². The molecule has 1 N–H and O–H groups in total. The molecule has 2 aromatic rings. The molecule has 2 rings (SSSR count). The first-order valence-corrected chi connectivity index (χ1v) is 7.88. The summed E-state index contributed by atoms with van der Waals surface area (Å²) in [5.74, 6) is 0.925. The zero-order valence-corrected chi connectivity index (χ0v) is 14.3. The maximum Gasteiger partial charge on any atom is 0.119 e. The summed E-state index contributed by atoms with van der Waals surface area (Å²) in [6.45, 7) is 7.03. The Hall–Kier alpha value is -1.23. The largest absolute Gasteiger partial charge is 0.491 e. The SMILES string of the molecule is Cc1cc(I)ccc1NCc1ccc(OC(C)C)cc1. The smallest absolute Gasteiger partial charge is 0.119 e. The molecule has 0 spiro atoms. The third kappa shape index (κ3) is 4.40. The molecule has 106 valence electrons. The van der Waals surface area contributed by atoms with E-state index in [1.54, 1.807) is 0 Å². The number of nitrogens with one attached hydrogen (secondary N) is 1. The first-order chi connectivity index (χ1) is 9.54. The molecule has 0 saturated heterocycles. The summed E-state index contributed by atoms with van der Waals surface area (Å²) in [6.07, 6.45) is 0.216. The molecular formula is C17H20INO. The number of ether oxygens (including phenoxy) is 1. The molecule has 0 amide bonds. The zero-order chi connectivity index (χ0) is 14.5. The van der Waals surface area contributed by atoms with Crippen LogP contribution in [0.15, 0.2) is 42.5 Å². The molecule has 0 aromatic heterocycles. The maximum atomic E-state index is 5.64. The number of aryl methyl sites for hydroxylation is 1. The third-order valence-corrected chi connectivity index (χ3v) is 3.64. The molecular weight excluding hydrogens is 361 g/mol. The van der Waals surface area contributed by atoms with Crippen molar-refractivity contribution in [1.29, 1.82) is 0 Å². The Balaban J connectivity index is 1.96. The first-order valence-electron chi connectivity index (χ1n) is 6.80. The summed E-state index contributed by atoms with van der Waals surface area (Å²) >= 11 is 2.33. The van der Waals surface area contributed by atoms with Crippen molar-refractivity contribution in [1.82, 2.24) is 0 Å². The van der Waals surface area contributed by atoms with Crippen molar-refractivity contribution >= 4 is 28.3 Å². The molecule has 0 fully saturated rings. The van der Waals surface area contributed by atoms with Crippen LogP contribution in [-0.4, -0.2) is 6.10 Å². The van der Waals surface area contributed by atoms with E-state index in [1.165, 1.54) is 20.4 Å². The van der Waals surface area contributed by atoms with Gasteiger partial charge in [-0.2, -0.15) is 0 Å². The number of hydrogen-bond donors (Lipinski definition) is 1. The molecule has 0 saturated carbocycles. The number of halogens is 1. The summed E-state index contributed by atoms with van der Waals surface area (Å²) in [7, 11) is 0. The average molecular weight is 381 g/mol. The van der Waals surface area contributed by atoms with Crippen LogP contribution in [-0.2, 0) is 6.54 Å². The number of rotatable bonds is 5. The van der Waals surface area contributed by atoms with Gasteiger partial charge < -0.3 is 10.1 Å². The first kappa shape index (κ1) is 15.2. The number of hydrogen-bond acceptors (Lipinski definition) is 2. The molecule has 0 unspecified atom stereocenters. The highest BCUT2D eigenvalue weighted by Gasteiger charge is 2.01. The molecule has 0 heterocycles. The lowest BCUT2D eigenvalue weighted by Crippen LogP contribution is -2.06. The van der Waals surface area contributed by atoms with Crippen LogP contribution in [0.5, 0.6) is 5.75 Å². The Morgan fingerprint density at radius 2 is 1.80 bits per heavy atom. The molecule has 0 atom stereocenters. The molecule has 2 nitrogen and oxygen atoms in total. The van der Waals surface area contributed by atoms with Crippen molar-refractivity contribution in [2.45, 2.75) is 33.4 Å². The van der Waals surface area contributed by atoms with Crippen molar-refractivity contribution in [3.05, 3.63) is 57.2 Å². The van der Waals surface area contributed by atoms with Crippen molar-refractivity contribution < 1.29 is 4.74 Å². The monoisotopic (exact) mass is 381 g/mol. The number of benzene rings is 2. The Kier molecular flexibility index (Phi) is 5.29. The van der Waals surface area contributed by atoms with Gasteiger partial charge in [0.15, 0.2) is 0 Å². The van der Waals surface area contributed by atoms with Crippen LogP contribution < -0.4 is 10.1 Å². The average Bonchev–Trinajstić information content (AvgIpc) is 2.39. The van der Waals surface area contributed by atoms with Crippen LogP contribution in [0.4, 0.5) is 5.69 Å². The van der Waals surface area contributed by atoms with E-state index in [-0.39, 0.29) is 6.10 Å². The second-order valence-corrected chi connectivity index (χ2v) is 6.37. The van der Waals surface area contributed by atoms with E-state index in [1.807, 2.05) is 26.0 Å². The molecule has 0 aliphatic rings.